The predicted octanol–water partition coefficient (Wildman–Crippen LogP) is 3.36. The molecule has 1 N–H and O–H groups in total. The molecule has 1 aromatic rings. The maximum atomic E-state index is 3.67. The van der Waals surface area contributed by atoms with Gasteiger partial charge in [-0.15, -0.1) is 11.8 Å². The Hall–Kier alpha value is -0.470. The molecule has 1 fully saturated rings. The van der Waals surface area contributed by atoms with E-state index < -0.39 is 0 Å². The Morgan fingerprint density at radius 3 is 2.93 bits per heavy atom. The number of benzene rings is 1. The van der Waals surface area contributed by atoms with Gasteiger partial charge in [-0.2, -0.15) is 0 Å². The predicted molar refractivity (Wildman–Crippen MR) is 68.2 cm³/mol. The minimum atomic E-state index is 0.505. The van der Waals surface area contributed by atoms with Crippen molar-refractivity contribution in [3.63, 3.8) is 0 Å². The highest BCUT2D eigenvalue weighted by Gasteiger charge is 2.21. The molecule has 1 aliphatic heterocycles. The smallest absolute Gasteiger partial charge is 0.0794 e. The molecule has 15 heavy (non-hydrogen) atoms. The van der Waals surface area contributed by atoms with E-state index in [9.17, 15) is 0 Å². The van der Waals surface area contributed by atoms with Crippen molar-refractivity contribution < 1.29 is 0 Å². The molecule has 1 nitrogen and oxygen atoms in total. The summed E-state index contributed by atoms with van der Waals surface area (Å²) in [6.45, 7) is 4.51. The molecule has 1 heterocycles. The van der Waals surface area contributed by atoms with Crippen LogP contribution in [0, 0.1) is 0 Å². The molecular formula is C13H19NS. The maximum Gasteiger partial charge on any atom is 0.0794 e. The minimum Gasteiger partial charge on any atom is -0.299 e. The van der Waals surface area contributed by atoms with E-state index in [-0.39, 0.29) is 0 Å². The van der Waals surface area contributed by atoms with Crippen LogP contribution >= 0.6 is 11.8 Å². The molecule has 1 aromatic carbocycles. The highest BCUT2D eigenvalue weighted by Crippen LogP contribution is 2.33. The Labute approximate surface area is 96.7 Å². The third kappa shape index (κ3) is 2.56. The molecule has 0 saturated carbocycles. The number of aryl methyl sites for hydroxylation is 1. The molecule has 0 spiro atoms. The normalized spacial score (nSPS) is 26.5. The Morgan fingerprint density at radius 2 is 2.20 bits per heavy atom. The fraction of sp³-hybridized carbons (Fsp3) is 0.538. The maximum absolute atomic E-state index is 3.67. The fourth-order valence-corrected chi connectivity index (χ4v) is 3.51. The molecule has 2 atom stereocenters. The summed E-state index contributed by atoms with van der Waals surface area (Å²) in [7, 11) is 0. The van der Waals surface area contributed by atoms with E-state index in [0.29, 0.717) is 11.4 Å². The zero-order valence-corrected chi connectivity index (χ0v) is 10.3. The molecule has 2 heteroatoms. The van der Waals surface area contributed by atoms with Crippen LogP contribution in [0.5, 0.6) is 0 Å². The molecule has 0 aromatic heterocycles. The Kier molecular flexibility index (Phi) is 3.71. The third-order valence-electron chi connectivity index (χ3n) is 2.99. The first-order valence-corrected chi connectivity index (χ1v) is 6.81. The average molecular weight is 221 g/mol. The molecule has 0 radical (unpaired) electrons. The standard InChI is InChI=1S/C13H19NS/c1-3-11-6-4-5-7-12(11)13-14-10(2)8-9-15-13/h4-7,10,13-14H,3,8-9H2,1-2H3. The van der Waals surface area contributed by atoms with Crippen molar-refractivity contribution in [1.29, 1.82) is 0 Å². The van der Waals surface area contributed by atoms with Crippen molar-refractivity contribution in [2.75, 3.05) is 5.75 Å². The van der Waals surface area contributed by atoms with Crippen molar-refractivity contribution in [3.05, 3.63) is 35.4 Å². The van der Waals surface area contributed by atoms with Gasteiger partial charge in [0.1, 0.15) is 0 Å². The number of hydrogen-bond donors (Lipinski definition) is 1. The minimum absolute atomic E-state index is 0.505. The van der Waals surface area contributed by atoms with Crippen LogP contribution < -0.4 is 5.32 Å². The van der Waals surface area contributed by atoms with Gasteiger partial charge in [-0.05, 0) is 36.6 Å². The van der Waals surface area contributed by atoms with Gasteiger partial charge < -0.3 is 0 Å². The molecule has 2 unspecified atom stereocenters. The van der Waals surface area contributed by atoms with Crippen LogP contribution in [0.4, 0.5) is 0 Å². The van der Waals surface area contributed by atoms with Gasteiger partial charge in [0.2, 0.25) is 0 Å². The van der Waals surface area contributed by atoms with Crippen LogP contribution in [0.1, 0.15) is 36.8 Å². The molecule has 82 valence electrons. The molecular weight excluding hydrogens is 202 g/mol. The number of hydrogen-bond acceptors (Lipinski definition) is 2. The fourth-order valence-electron chi connectivity index (χ4n) is 2.04. The van der Waals surface area contributed by atoms with Gasteiger partial charge >= 0.3 is 0 Å². The first-order valence-electron chi connectivity index (χ1n) is 5.76. The van der Waals surface area contributed by atoms with Crippen LogP contribution in [0.3, 0.4) is 0 Å². The van der Waals surface area contributed by atoms with Crippen LogP contribution in [0.25, 0.3) is 0 Å². The second-order valence-corrected chi connectivity index (χ2v) is 5.37. The van der Waals surface area contributed by atoms with Crippen molar-refractivity contribution in [2.45, 2.75) is 38.1 Å². The zero-order valence-electron chi connectivity index (χ0n) is 9.49. The van der Waals surface area contributed by atoms with E-state index in [1.165, 1.54) is 23.3 Å². The van der Waals surface area contributed by atoms with Crippen LogP contribution in [0.2, 0.25) is 0 Å². The van der Waals surface area contributed by atoms with E-state index in [0.717, 1.165) is 6.42 Å². The van der Waals surface area contributed by atoms with Crippen molar-refractivity contribution >= 4 is 11.8 Å². The monoisotopic (exact) mass is 221 g/mol. The Balaban J connectivity index is 2.20. The molecule has 1 aliphatic rings. The van der Waals surface area contributed by atoms with Gasteiger partial charge in [-0.25, -0.2) is 0 Å². The van der Waals surface area contributed by atoms with Gasteiger partial charge in [0.05, 0.1) is 5.37 Å². The Bertz CT molecular complexity index is 324. The summed E-state index contributed by atoms with van der Waals surface area (Å²) >= 11 is 2.04. The lowest BCUT2D eigenvalue weighted by molar-refractivity contribution is 0.510. The van der Waals surface area contributed by atoms with Crippen LogP contribution in [-0.4, -0.2) is 11.8 Å². The van der Waals surface area contributed by atoms with E-state index in [1.54, 1.807) is 0 Å². The van der Waals surface area contributed by atoms with Gasteiger partial charge in [0.15, 0.2) is 0 Å². The number of rotatable bonds is 2. The van der Waals surface area contributed by atoms with Gasteiger partial charge in [0.25, 0.3) is 0 Å². The second-order valence-electron chi connectivity index (χ2n) is 4.16. The van der Waals surface area contributed by atoms with Crippen molar-refractivity contribution in [1.82, 2.24) is 5.32 Å². The zero-order chi connectivity index (χ0) is 10.7. The topological polar surface area (TPSA) is 12.0 Å². The van der Waals surface area contributed by atoms with Crippen LogP contribution in [0.15, 0.2) is 24.3 Å². The summed E-state index contributed by atoms with van der Waals surface area (Å²) in [6.07, 6.45) is 2.42. The largest absolute Gasteiger partial charge is 0.299 e. The van der Waals surface area contributed by atoms with Gasteiger partial charge in [-0.1, -0.05) is 31.2 Å². The van der Waals surface area contributed by atoms with Gasteiger partial charge in [0, 0.05) is 6.04 Å². The summed E-state index contributed by atoms with van der Waals surface area (Å²) in [4.78, 5) is 0. The summed E-state index contributed by atoms with van der Waals surface area (Å²) in [6, 6.07) is 9.45. The lowest BCUT2D eigenvalue weighted by Crippen LogP contribution is -2.34. The van der Waals surface area contributed by atoms with Crippen molar-refractivity contribution in [2.24, 2.45) is 0 Å². The van der Waals surface area contributed by atoms with E-state index in [2.05, 4.69) is 43.4 Å². The lowest BCUT2D eigenvalue weighted by atomic mass is 10.0. The van der Waals surface area contributed by atoms with E-state index >= 15 is 0 Å². The highest BCUT2D eigenvalue weighted by molar-refractivity contribution is 7.99. The molecule has 0 aliphatic carbocycles. The Morgan fingerprint density at radius 1 is 1.40 bits per heavy atom. The summed E-state index contributed by atoms with van der Waals surface area (Å²) < 4.78 is 0. The summed E-state index contributed by atoms with van der Waals surface area (Å²) in [5.74, 6) is 1.27. The number of thioether (sulfide) groups is 1. The molecule has 2 rings (SSSR count). The van der Waals surface area contributed by atoms with Gasteiger partial charge in [-0.3, -0.25) is 5.32 Å². The van der Waals surface area contributed by atoms with E-state index in [1.807, 2.05) is 11.8 Å². The molecule has 1 saturated heterocycles. The second kappa shape index (κ2) is 5.04. The first-order chi connectivity index (χ1) is 7.31. The molecule has 0 amide bonds. The molecule has 0 bridgehead atoms. The van der Waals surface area contributed by atoms with Crippen LogP contribution in [-0.2, 0) is 6.42 Å². The quantitative estimate of drug-likeness (QED) is 0.822. The third-order valence-corrected chi connectivity index (χ3v) is 4.18. The SMILES string of the molecule is CCc1ccccc1C1NC(C)CCS1. The highest BCUT2D eigenvalue weighted by atomic mass is 32.2. The first kappa shape index (κ1) is 11.0. The summed E-state index contributed by atoms with van der Waals surface area (Å²) in [5, 5.41) is 4.17. The summed E-state index contributed by atoms with van der Waals surface area (Å²) in [5.41, 5.74) is 2.97. The number of nitrogens with one attached hydrogen (secondary N) is 1. The lowest BCUT2D eigenvalue weighted by Gasteiger charge is -2.29. The van der Waals surface area contributed by atoms with E-state index in [4.69, 9.17) is 0 Å². The average Bonchev–Trinajstić information content (AvgIpc) is 2.29. The van der Waals surface area contributed by atoms with Crippen molar-refractivity contribution in [3.8, 4) is 0 Å².